The van der Waals surface area contributed by atoms with E-state index < -0.39 is 17.9 Å². The third-order valence-electron chi connectivity index (χ3n) is 5.52. The van der Waals surface area contributed by atoms with Crippen molar-refractivity contribution in [2.45, 2.75) is 45.6 Å². The van der Waals surface area contributed by atoms with Crippen molar-refractivity contribution in [2.75, 3.05) is 0 Å². The van der Waals surface area contributed by atoms with Gasteiger partial charge in [-0.05, 0) is 48.2 Å². The van der Waals surface area contributed by atoms with Gasteiger partial charge in [0.05, 0.1) is 11.5 Å². The van der Waals surface area contributed by atoms with Crippen LogP contribution in [0.1, 0.15) is 52.8 Å². The maximum Gasteiger partial charge on any atom is 0.335 e. The lowest BCUT2D eigenvalue weighted by atomic mass is 9.95. The Labute approximate surface area is 192 Å². The molecule has 0 bridgehead atoms. The van der Waals surface area contributed by atoms with Crippen LogP contribution in [-0.4, -0.2) is 31.7 Å². The second-order valence-electron chi connectivity index (χ2n) is 7.93. The fraction of sp³-hybridized carbons (Fsp3) is 0.320. The average Bonchev–Trinajstić information content (AvgIpc) is 3.14. The van der Waals surface area contributed by atoms with Crippen molar-refractivity contribution in [3.05, 3.63) is 88.0 Å². The van der Waals surface area contributed by atoms with Crippen LogP contribution in [0.2, 0.25) is 5.02 Å². The first-order valence-electron chi connectivity index (χ1n) is 10.7. The topological polar surface area (TPSA) is 92.4 Å². The summed E-state index contributed by atoms with van der Waals surface area (Å²) in [5.41, 5.74) is 2.96. The fourth-order valence-electron chi connectivity index (χ4n) is 3.68. The van der Waals surface area contributed by atoms with Gasteiger partial charge in [-0.25, -0.2) is 9.78 Å². The van der Waals surface area contributed by atoms with Crippen LogP contribution in [0.25, 0.3) is 0 Å². The molecule has 0 saturated heterocycles. The summed E-state index contributed by atoms with van der Waals surface area (Å²) in [4.78, 5) is 27.7. The largest absolute Gasteiger partial charge is 0.481 e. The molecule has 0 spiro atoms. The molecule has 1 aromatic heterocycles. The minimum atomic E-state index is -0.963. The van der Waals surface area contributed by atoms with Crippen LogP contribution in [0.5, 0.6) is 0 Å². The van der Waals surface area contributed by atoms with Crippen LogP contribution in [0.3, 0.4) is 0 Å². The van der Waals surface area contributed by atoms with Crippen molar-refractivity contribution in [3.8, 4) is 0 Å². The highest BCUT2D eigenvalue weighted by atomic mass is 35.5. The number of halogens is 1. The molecule has 3 rings (SSSR count). The summed E-state index contributed by atoms with van der Waals surface area (Å²) in [6.07, 6.45) is 5.35. The molecule has 2 aromatic carbocycles. The number of carboxylic acid groups (broad SMARTS) is 2. The molecule has 6 nitrogen and oxygen atoms in total. The maximum atomic E-state index is 12.0. The predicted octanol–water partition coefficient (Wildman–Crippen LogP) is 5.11. The molecule has 0 aliphatic carbocycles. The maximum absolute atomic E-state index is 12.0. The molecule has 1 unspecified atom stereocenters. The Bertz CT molecular complexity index is 1060. The lowest BCUT2D eigenvalue weighted by Crippen LogP contribution is -2.21. The van der Waals surface area contributed by atoms with E-state index in [1.807, 2.05) is 12.1 Å². The lowest BCUT2D eigenvalue weighted by molar-refractivity contribution is -0.141. The van der Waals surface area contributed by atoms with E-state index >= 15 is 0 Å². The quantitative estimate of drug-likeness (QED) is 0.420. The first kappa shape index (κ1) is 23.5. The van der Waals surface area contributed by atoms with E-state index in [4.69, 9.17) is 16.7 Å². The Kier molecular flexibility index (Phi) is 8.06. The summed E-state index contributed by atoms with van der Waals surface area (Å²) in [6, 6.07) is 14.0. The normalized spacial score (nSPS) is 11.9. The van der Waals surface area contributed by atoms with Crippen LogP contribution in [0.15, 0.2) is 54.7 Å². The zero-order valence-corrected chi connectivity index (χ0v) is 18.8. The molecule has 0 fully saturated rings. The molecule has 0 saturated carbocycles. The van der Waals surface area contributed by atoms with Crippen molar-refractivity contribution in [2.24, 2.45) is 5.92 Å². The second kappa shape index (κ2) is 11.0. The number of nitrogens with zero attached hydrogens (tertiary/aromatic N) is 2. The van der Waals surface area contributed by atoms with Crippen molar-refractivity contribution < 1.29 is 19.8 Å². The second-order valence-corrected chi connectivity index (χ2v) is 8.36. The van der Waals surface area contributed by atoms with Crippen molar-refractivity contribution in [1.29, 1.82) is 0 Å². The number of aliphatic carboxylic acids is 1. The van der Waals surface area contributed by atoms with Gasteiger partial charge in [0, 0.05) is 36.3 Å². The van der Waals surface area contributed by atoms with E-state index in [0.717, 1.165) is 41.9 Å². The number of hydrogen-bond donors (Lipinski definition) is 2. The number of benzene rings is 2. The smallest absolute Gasteiger partial charge is 0.335 e. The monoisotopic (exact) mass is 454 g/mol. The van der Waals surface area contributed by atoms with Gasteiger partial charge in [-0.3, -0.25) is 4.79 Å². The molecule has 0 amide bonds. The van der Waals surface area contributed by atoms with E-state index in [-0.39, 0.29) is 5.56 Å². The van der Waals surface area contributed by atoms with Crippen LogP contribution >= 0.6 is 11.6 Å². The first-order chi connectivity index (χ1) is 15.4. The highest BCUT2D eigenvalue weighted by Crippen LogP contribution is 2.20. The molecule has 2 N–H and O–H groups in total. The third kappa shape index (κ3) is 6.20. The summed E-state index contributed by atoms with van der Waals surface area (Å²) in [5, 5.41) is 19.6. The molecule has 0 aliphatic heterocycles. The van der Waals surface area contributed by atoms with Gasteiger partial charge < -0.3 is 14.8 Å². The van der Waals surface area contributed by atoms with Crippen LogP contribution in [0.4, 0.5) is 0 Å². The highest BCUT2D eigenvalue weighted by Gasteiger charge is 2.22. The Morgan fingerprint density at radius 3 is 2.25 bits per heavy atom. The number of carboxylic acids is 2. The molecule has 0 radical (unpaired) electrons. The number of carbonyl (C=O) groups is 2. The van der Waals surface area contributed by atoms with Crippen molar-refractivity contribution in [3.63, 3.8) is 0 Å². The van der Waals surface area contributed by atoms with E-state index in [9.17, 15) is 14.7 Å². The number of rotatable bonds is 11. The van der Waals surface area contributed by atoms with E-state index in [1.54, 1.807) is 42.6 Å². The molecular formula is C25H27ClN2O4. The predicted molar refractivity (Wildman–Crippen MR) is 123 cm³/mol. The SMILES string of the molecule is CCCCc1ncc(CC(Cc2ccc(Cl)cc2)C(=O)O)n1Cc1ccc(C(=O)O)cc1. The number of aromatic carboxylic acids is 1. The Morgan fingerprint density at radius 2 is 1.66 bits per heavy atom. The summed E-state index contributed by atoms with van der Waals surface area (Å²) in [5.74, 6) is -1.50. The Hall–Kier alpha value is -3.12. The van der Waals surface area contributed by atoms with Gasteiger partial charge in [0.2, 0.25) is 0 Å². The number of aryl methyl sites for hydroxylation is 1. The number of unbranched alkanes of at least 4 members (excludes halogenated alkanes) is 1. The van der Waals surface area contributed by atoms with Crippen LogP contribution in [0, 0.1) is 5.92 Å². The Morgan fingerprint density at radius 1 is 1.00 bits per heavy atom. The minimum absolute atomic E-state index is 0.236. The summed E-state index contributed by atoms with van der Waals surface area (Å²) >= 11 is 5.95. The first-order valence-corrected chi connectivity index (χ1v) is 11.1. The molecule has 3 aromatic rings. The van der Waals surface area contributed by atoms with Gasteiger partial charge >= 0.3 is 11.9 Å². The van der Waals surface area contributed by atoms with Crippen LogP contribution in [-0.2, 0) is 30.6 Å². The number of imidazole rings is 1. The van der Waals surface area contributed by atoms with Gasteiger partial charge in [-0.2, -0.15) is 0 Å². The van der Waals surface area contributed by atoms with Gasteiger partial charge in [0.25, 0.3) is 0 Å². The molecule has 1 atom stereocenters. The van der Waals surface area contributed by atoms with Gasteiger partial charge in [-0.1, -0.05) is 49.2 Å². The molecule has 168 valence electrons. The van der Waals surface area contributed by atoms with Crippen LogP contribution < -0.4 is 0 Å². The van der Waals surface area contributed by atoms with Gasteiger partial charge in [0.15, 0.2) is 0 Å². The van der Waals surface area contributed by atoms with Gasteiger partial charge in [0.1, 0.15) is 5.82 Å². The molecule has 32 heavy (non-hydrogen) atoms. The third-order valence-corrected chi connectivity index (χ3v) is 5.77. The Balaban J connectivity index is 1.85. The van der Waals surface area contributed by atoms with Crippen molar-refractivity contribution in [1.82, 2.24) is 9.55 Å². The summed E-state index contributed by atoms with van der Waals surface area (Å²) in [6.45, 7) is 2.63. The minimum Gasteiger partial charge on any atom is -0.481 e. The standard InChI is InChI=1S/C25H27ClN2O4/c1-2-3-4-23-27-15-22(28(23)16-18-5-9-19(10-6-18)24(29)30)14-20(25(31)32)13-17-7-11-21(26)12-8-17/h5-12,15,20H,2-4,13-14,16H2,1H3,(H,29,30)(H,31,32). The average molecular weight is 455 g/mol. The molecular weight excluding hydrogens is 428 g/mol. The van der Waals surface area contributed by atoms with E-state index in [1.165, 1.54) is 0 Å². The lowest BCUT2D eigenvalue weighted by Gasteiger charge is -2.16. The number of hydrogen-bond acceptors (Lipinski definition) is 3. The number of aromatic nitrogens is 2. The summed E-state index contributed by atoms with van der Waals surface area (Å²) in [7, 11) is 0. The summed E-state index contributed by atoms with van der Waals surface area (Å²) < 4.78 is 2.07. The molecule has 0 aliphatic rings. The van der Waals surface area contributed by atoms with E-state index in [0.29, 0.717) is 24.4 Å². The fourth-order valence-corrected chi connectivity index (χ4v) is 3.81. The van der Waals surface area contributed by atoms with E-state index in [2.05, 4.69) is 16.5 Å². The van der Waals surface area contributed by atoms with Crippen molar-refractivity contribution >= 4 is 23.5 Å². The zero-order valence-electron chi connectivity index (χ0n) is 18.0. The highest BCUT2D eigenvalue weighted by molar-refractivity contribution is 6.30. The molecule has 1 heterocycles. The zero-order chi connectivity index (χ0) is 23.1. The molecule has 7 heteroatoms. The van der Waals surface area contributed by atoms with Gasteiger partial charge in [-0.15, -0.1) is 0 Å².